The van der Waals surface area contributed by atoms with Gasteiger partial charge in [-0.15, -0.1) is 0 Å². The van der Waals surface area contributed by atoms with E-state index in [4.69, 9.17) is 9.84 Å². The molecular weight excluding hydrogens is 222 g/mol. The van der Waals surface area contributed by atoms with Crippen molar-refractivity contribution in [1.29, 1.82) is 0 Å². The van der Waals surface area contributed by atoms with E-state index >= 15 is 0 Å². The molecule has 0 aliphatic rings. The second kappa shape index (κ2) is 5.86. The summed E-state index contributed by atoms with van der Waals surface area (Å²) in [5.74, 6) is 0.731. The number of methoxy groups -OCH3 is 1. The number of phenolic OH excluding ortho intramolecular Hbond substituents is 1. The number of ether oxygens (including phenoxy) is 1. The summed E-state index contributed by atoms with van der Waals surface area (Å²) < 4.78 is 4.97. The average molecular weight is 241 g/mol. The van der Waals surface area contributed by atoms with Gasteiger partial charge in [-0.3, -0.25) is 0 Å². The Labute approximate surface area is 101 Å². The van der Waals surface area contributed by atoms with E-state index in [1.54, 1.807) is 12.1 Å². The van der Waals surface area contributed by atoms with E-state index in [0.717, 1.165) is 0 Å². The maximum absolute atomic E-state index is 9.68. The number of aliphatic hydroxyl groups is 2. The maximum Gasteiger partial charge on any atom is 0.123 e. The first-order chi connectivity index (χ1) is 7.98. The standard InChI is InChI=1S/C12H19NO4/c1-12(16,8-14)7-13-6-9-3-4-10(17-2)5-11(9)15/h3-5,13-16H,6-8H2,1-2H3. The van der Waals surface area contributed by atoms with Crippen LogP contribution in [0.2, 0.25) is 0 Å². The van der Waals surface area contributed by atoms with E-state index < -0.39 is 5.60 Å². The van der Waals surface area contributed by atoms with Gasteiger partial charge in [0.2, 0.25) is 0 Å². The molecule has 0 fully saturated rings. The fraction of sp³-hybridized carbons (Fsp3) is 0.500. The summed E-state index contributed by atoms with van der Waals surface area (Å²) >= 11 is 0. The van der Waals surface area contributed by atoms with Crippen LogP contribution in [0.15, 0.2) is 18.2 Å². The number of aromatic hydroxyl groups is 1. The van der Waals surface area contributed by atoms with Crippen molar-refractivity contribution in [2.45, 2.75) is 19.1 Å². The van der Waals surface area contributed by atoms with E-state index in [-0.39, 0.29) is 18.9 Å². The highest BCUT2D eigenvalue weighted by Crippen LogP contribution is 2.23. The molecule has 1 unspecified atom stereocenters. The van der Waals surface area contributed by atoms with Gasteiger partial charge in [-0.2, -0.15) is 0 Å². The first-order valence-corrected chi connectivity index (χ1v) is 5.38. The minimum atomic E-state index is -1.15. The molecule has 0 saturated heterocycles. The molecular formula is C12H19NO4. The number of rotatable bonds is 6. The Morgan fingerprint density at radius 2 is 2.12 bits per heavy atom. The second-order valence-corrected chi connectivity index (χ2v) is 4.25. The van der Waals surface area contributed by atoms with E-state index in [0.29, 0.717) is 17.9 Å². The van der Waals surface area contributed by atoms with Crippen molar-refractivity contribution in [3.63, 3.8) is 0 Å². The molecule has 1 rings (SSSR count). The van der Waals surface area contributed by atoms with Crippen molar-refractivity contribution in [3.05, 3.63) is 23.8 Å². The third-order valence-corrected chi connectivity index (χ3v) is 2.45. The molecule has 0 aromatic heterocycles. The minimum absolute atomic E-state index is 0.139. The molecule has 0 radical (unpaired) electrons. The van der Waals surface area contributed by atoms with Gasteiger partial charge >= 0.3 is 0 Å². The van der Waals surface area contributed by atoms with Gasteiger partial charge in [0.25, 0.3) is 0 Å². The highest BCUT2D eigenvalue weighted by atomic mass is 16.5. The summed E-state index contributed by atoms with van der Waals surface area (Å²) in [4.78, 5) is 0. The normalized spacial score (nSPS) is 14.4. The summed E-state index contributed by atoms with van der Waals surface area (Å²) in [6.45, 7) is 1.88. The Balaban J connectivity index is 2.52. The maximum atomic E-state index is 9.68. The summed E-state index contributed by atoms with van der Waals surface area (Å²) in [6.07, 6.45) is 0. The number of hydrogen-bond donors (Lipinski definition) is 4. The Bertz CT molecular complexity index is 366. The van der Waals surface area contributed by atoms with E-state index in [2.05, 4.69) is 5.32 Å². The highest BCUT2D eigenvalue weighted by Gasteiger charge is 2.18. The van der Waals surface area contributed by atoms with Crippen molar-refractivity contribution >= 4 is 0 Å². The van der Waals surface area contributed by atoms with Crippen molar-refractivity contribution < 1.29 is 20.1 Å². The quantitative estimate of drug-likeness (QED) is 0.573. The number of aliphatic hydroxyl groups excluding tert-OH is 1. The molecule has 1 aromatic carbocycles. The molecule has 1 atom stereocenters. The van der Waals surface area contributed by atoms with Gasteiger partial charge in [-0.25, -0.2) is 0 Å². The molecule has 5 heteroatoms. The van der Waals surface area contributed by atoms with Gasteiger partial charge in [0.05, 0.1) is 19.3 Å². The average Bonchev–Trinajstić information content (AvgIpc) is 2.31. The molecule has 0 aliphatic heterocycles. The predicted octanol–water partition coefficient (Wildman–Crippen LogP) is 0.234. The van der Waals surface area contributed by atoms with Gasteiger partial charge in [-0.05, 0) is 13.0 Å². The Kier molecular flexibility index (Phi) is 4.74. The molecule has 0 heterocycles. The summed E-state index contributed by atoms with van der Waals surface area (Å²) in [6, 6.07) is 5.02. The summed E-state index contributed by atoms with van der Waals surface area (Å²) in [5, 5.41) is 31.1. The van der Waals surface area contributed by atoms with Crippen LogP contribution in [0, 0.1) is 0 Å². The SMILES string of the molecule is COc1ccc(CNCC(C)(O)CO)c(O)c1. The molecule has 0 amide bonds. The topological polar surface area (TPSA) is 82.0 Å². The van der Waals surface area contributed by atoms with Gasteiger partial charge in [0.1, 0.15) is 11.5 Å². The lowest BCUT2D eigenvalue weighted by Gasteiger charge is -2.20. The molecule has 1 aromatic rings. The molecule has 17 heavy (non-hydrogen) atoms. The predicted molar refractivity (Wildman–Crippen MR) is 64.1 cm³/mol. The van der Waals surface area contributed by atoms with Crippen LogP contribution >= 0.6 is 0 Å². The van der Waals surface area contributed by atoms with Gasteiger partial charge in [0.15, 0.2) is 0 Å². The summed E-state index contributed by atoms with van der Waals surface area (Å²) in [7, 11) is 1.53. The molecule has 4 N–H and O–H groups in total. The summed E-state index contributed by atoms with van der Waals surface area (Å²) in [5.41, 5.74) is -0.443. The molecule has 0 saturated carbocycles. The largest absolute Gasteiger partial charge is 0.507 e. The highest BCUT2D eigenvalue weighted by molar-refractivity contribution is 5.39. The van der Waals surface area contributed by atoms with Crippen LogP contribution in [0.1, 0.15) is 12.5 Å². The van der Waals surface area contributed by atoms with E-state index in [9.17, 15) is 10.2 Å². The van der Waals surface area contributed by atoms with Crippen molar-refractivity contribution in [3.8, 4) is 11.5 Å². The molecule has 0 spiro atoms. The zero-order chi connectivity index (χ0) is 12.9. The van der Waals surface area contributed by atoms with Crippen LogP contribution in [-0.4, -0.2) is 41.2 Å². The fourth-order valence-electron chi connectivity index (χ4n) is 1.34. The van der Waals surface area contributed by atoms with Gasteiger partial charge in [0, 0.05) is 24.7 Å². The van der Waals surface area contributed by atoms with Gasteiger partial charge in [-0.1, -0.05) is 6.07 Å². The number of phenols is 1. The zero-order valence-electron chi connectivity index (χ0n) is 10.1. The monoisotopic (exact) mass is 241 g/mol. The minimum Gasteiger partial charge on any atom is -0.507 e. The lowest BCUT2D eigenvalue weighted by Crippen LogP contribution is -2.40. The first-order valence-electron chi connectivity index (χ1n) is 5.38. The number of nitrogens with one attached hydrogen (secondary N) is 1. The second-order valence-electron chi connectivity index (χ2n) is 4.25. The fourth-order valence-corrected chi connectivity index (χ4v) is 1.34. The van der Waals surface area contributed by atoms with Crippen molar-refractivity contribution in [1.82, 2.24) is 5.32 Å². The third-order valence-electron chi connectivity index (χ3n) is 2.45. The lowest BCUT2D eigenvalue weighted by atomic mass is 10.1. The Hall–Kier alpha value is -1.30. The van der Waals surface area contributed by atoms with Crippen LogP contribution in [-0.2, 0) is 6.54 Å². The van der Waals surface area contributed by atoms with E-state index in [1.807, 2.05) is 0 Å². The smallest absolute Gasteiger partial charge is 0.123 e. The first kappa shape index (κ1) is 13.8. The van der Waals surface area contributed by atoms with Crippen LogP contribution in [0.3, 0.4) is 0 Å². The lowest BCUT2D eigenvalue weighted by molar-refractivity contribution is 0.00250. The number of benzene rings is 1. The zero-order valence-corrected chi connectivity index (χ0v) is 10.1. The molecule has 96 valence electrons. The van der Waals surface area contributed by atoms with Gasteiger partial charge < -0.3 is 25.4 Å². The van der Waals surface area contributed by atoms with Crippen LogP contribution < -0.4 is 10.1 Å². The van der Waals surface area contributed by atoms with Crippen LogP contribution in [0.25, 0.3) is 0 Å². The van der Waals surface area contributed by atoms with Crippen molar-refractivity contribution in [2.24, 2.45) is 0 Å². The van der Waals surface area contributed by atoms with Crippen molar-refractivity contribution in [2.75, 3.05) is 20.3 Å². The van der Waals surface area contributed by atoms with E-state index in [1.165, 1.54) is 20.1 Å². The van der Waals surface area contributed by atoms with Crippen LogP contribution in [0.5, 0.6) is 11.5 Å². The number of hydrogen-bond acceptors (Lipinski definition) is 5. The third kappa shape index (κ3) is 4.22. The Morgan fingerprint density at radius 3 is 2.65 bits per heavy atom. The molecule has 0 aliphatic carbocycles. The molecule has 5 nitrogen and oxygen atoms in total. The van der Waals surface area contributed by atoms with Crippen LogP contribution in [0.4, 0.5) is 0 Å². The molecule has 0 bridgehead atoms. The Morgan fingerprint density at radius 1 is 1.41 bits per heavy atom.